The van der Waals surface area contributed by atoms with E-state index in [1.54, 1.807) is 6.26 Å². The Bertz CT molecular complexity index is 543. The van der Waals surface area contributed by atoms with Crippen molar-refractivity contribution in [1.29, 1.82) is 0 Å². The van der Waals surface area contributed by atoms with Crippen LogP contribution in [0.3, 0.4) is 0 Å². The van der Waals surface area contributed by atoms with Crippen LogP contribution >= 0.6 is 38.5 Å². The highest BCUT2D eigenvalue weighted by Gasteiger charge is 2.21. The minimum absolute atomic E-state index is 0.0598. The number of oxazole rings is 1. The summed E-state index contributed by atoms with van der Waals surface area (Å²) in [6.45, 7) is 6.28. The quantitative estimate of drug-likeness (QED) is 0.623. The molecule has 0 aliphatic rings. The van der Waals surface area contributed by atoms with Crippen molar-refractivity contribution in [2.75, 3.05) is 0 Å². The van der Waals surface area contributed by atoms with Crippen LogP contribution in [-0.4, -0.2) is 4.98 Å². The zero-order valence-electron chi connectivity index (χ0n) is 9.92. The van der Waals surface area contributed by atoms with Gasteiger partial charge in [0.25, 0.3) is 0 Å². The van der Waals surface area contributed by atoms with Gasteiger partial charge in [0.15, 0.2) is 5.89 Å². The standard InChI is InChI=1S/C13H13BrINO/c1-13(2,3)12-16-11(7-17-12)9-6-8(14)4-5-10(9)15/h4-7H,1-3H3. The molecule has 1 heterocycles. The molecule has 0 aliphatic heterocycles. The lowest BCUT2D eigenvalue weighted by atomic mass is 9.97. The molecule has 0 unspecified atom stereocenters. The summed E-state index contributed by atoms with van der Waals surface area (Å²) in [5.41, 5.74) is 1.93. The molecule has 0 bridgehead atoms. The van der Waals surface area contributed by atoms with Gasteiger partial charge in [0.2, 0.25) is 0 Å². The number of rotatable bonds is 1. The fourth-order valence-electron chi connectivity index (χ4n) is 1.44. The molecule has 0 spiro atoms. The Morgan fingerprint density at radius 2 is 2.00 bits per heavy atom. The second kappa shape index (κ2) is 4.72. The molecule has 0 N–H and O–H groups in total. The van der Waals surface area contributed by atoms with Gasteiger partial charge in [-0.25, -0.2) is 4.98 Å². The number of hydrogen-bond acceptors (Lipinski definition) is 2. The summed E-state index contributed by atoms with van der Waals surface area (Å²) in [5.74, 6) is 0.767. The number of benzene rings is 1. The van der Waals surface area contributed by atoms with Crippen molar-refractivity contribution in [3.63, 3.8) is 0 Å². The molecule has 0 saturated carbocycles. The van der Waals surface area contributed by atoms with E-state index in [-0.39, 0.29) is 5.41 Å². The fraction of sp³-hybridized carbons (Fsp3) is 0.308. The van der Waals surface area contributed by atoms with Crippen LogP contribution in [0.1, 0.15) is 26.7 Å². The second-order valence-electron chi connectivity index (χ2n) is 4.91. The van der Waals surface area contributed by atoms with E-state index in [1.807, 2.05) is 6.07 Å². The Morgan fingerprint density at radius 1 is 1.29 bits per heavy atom. The first-order valence-corrected chi connectivity index (χ1v) is 7.16. The van der Waals surface area contributed by atoms with Crippen molar-refractivity contribution in [2.45, 2.75) is 26.2 Å². The van der Waals surface area contributed by atoms with Gasteiger partial charge in [0.05, 0.1) is 0 Å². The Morgan fingerprint density at radius 3 is 2.59 bits per heavy atom. The smallest absolute Gasteiger partial charge is 0.199 e. The molecule has 4 heteroatoms. The van der Waals surface area contributed by atoms with Crippen molar-refractivity contribution >= 4 is 38.5 Å². The van der Waals surface area contributed by atoms with E-state index in [0.717, 1.165) is 21.6 Å². The predicted octanol–water partition coefficient (Wildman–Crippen LogP) is 5.01. The molecular formula is C13H13BrINO. The topological polar surface area (TPSA) is 26.0 Å². The number of hydrogen-bond donors (Lipinski definition) is 0. The Kier molecular flexibility index (Phi) is 3.63. The van der Waals surface area contributed by atoms with E-state index in [2.05, 4.69) is 76.4 Å². The summed E-state index contributed by atoms with van der Waals surface area (Å²) in [5, 5.41) is 0. The number of nitrogens with zero attached hydrogens (tertiary/aromatic N) is 1. The molecule has 90 valence electrons. The van der Waals surface area contributed by atoms with E-state index in [9.17, 15) is 0 Å². The van der Waals surface area contributed by atoms with Gasteiger partial charge in [-0.3, -0.25) is 0 Å². The summed E-state index contributed by atoms with van der Waals surface area (Å²) < 4.78 is 7.76. The highest BCUT2D eigenvalue weighted by Crippen LogP contribution is 2.30. The normalized spacial score (nSPS) is 11.8. The van der Waals surface area contributed by atoms with E-state index in [4.69, 9.17) is 4.42 Å². The molecule has 2 aromatic rings. The summed E-state index contributed by atoms with van der Waals surface area (Å²) in [6.07, 6.45) is 1.73. The molecule has 1 aromatic heterocycles. The lowest BCUT2D eigenvalue weighted by Gasteiger charge is -2.11. The van der Waals surface area contributed by atoms with Gasteiger partial charge < -0.3 is 4.42 Å². The lowest BCUT2D eigenvalue weighted by molar-refractivity contribution is 0.392. The van der Waals surface area contributed by atoms with Crippen LogP contribution in [-0.2, 0) is 5.41 Å². The summed E-state index contributed by atoms with van der Waals surface area (Å²) in [6, 6.07) is 6.15. The maximum atomic E-state index is 5.55. The molecule has 0 aliphatic carbocycles. The van der Waals surface area contributed by atoms with Gasteiger partial charge in [-0.15, -0.1) is 0 Å². The van der Waals surface area contributed by atoms with Crippen molar-refractivity contribution < 1.29 is 4.42 Å². The Balaban J connectivity index is 2.47. The average molecular weight is 406 g/mol. The molecule has 0 atom stereocenters. The first-order chi connectivity index (χ1) is 7.88. The summed E-state index contributed by atoms with van der Waals surface area (Å²) >= 11 is 5.79. The highest BCUT2D eigenvalue weighted by atomic mass is 127. The Hall–Kier alpha value is -0.360. The highest BCUT2D eigenvalue weighted by molar-refractivity contribution is 14.1. The Labute approximate surface area is 123 Å². The minimum atomic E-state index is -0.0598. The molecular weight excluding hydrogens is 393 g/mol. The van der Waals surface area contributed by atoms with E-state index < -0.39 is 0 Å². The third-order valence-electron chi connectivity index (χ3n) is 2.35. The average Bonchev–Trinajstić information content (AvgIpc) is 2.70. The summed E-state index contributed by atoms with van der Waals surface area (Å²) in [7, 11) is 0. The van der Waals surface area contributed by atoms with Gasteiger partial charge in [-0.1, -0.05) is 36.7 Å². The fourth-order valence-corrected chi connectivity index (χ4v) is 2.41. The zero-order chi connectivity index (χ0) is 12.6. The van der Waals surface area contributed by atoms with Gasteiger partial charge in [0, 0.05) is 19.0 Å². The van der Waals surface area contributed by atoms with Gasteiger partial charge in [-0.05, 0) is 40.8 Å². The molecule has 2 nitrogen and oxygen atoms in total. The molecule has 17 heavy (non-hydrogen) atoms. The van der Waals surface area contributed by atoms with E-state index >= 15 is 0 Å². The number of halogens is 2. The zero-order valence-corrected chi connectivity index (χ0v) is 13.7. The van der Waals surface area contributed by atoms with Gasteiger partial charge in [0.1, 0.15) is 12.0 Å². The van der Waals surface area contributed by atoms with Crippen LogP contribution in [0.5, 0.6) is 0 Å². The second-order valence-corrected chi connectivity index (χ2v) is 6.99. The SMILES string of the molecule is CC(C)(C)c1nc(-c2cc(Br)ccc2I)co1. The van der Waals surface area contributed by atoms with Crippen LogP contribution in [0.2, 0.25) is 0 Å². The van der Waals surface area contributed by atoms with Crippen LogP contribution in [0, 0.1) is 3.57 Å². The van der Waals surface area contributed by atoms with Crippen LogP contribution in [0.15, 0.2) is 33.4 Å². The molecule has 0 fully saturated rings. The van der Waals surface area contributed by atoms with Crippen LogP contribution in [0.25, 0.3) is 11.3 Å². The van der Waals surface area contributed by atoms with Crippen molar-refractivity contribution in [1.82, 2.24) is 4.98 Å². The van der Waals surface area contributed by atoms with Crippen molar-refractivity contribution in [3.8, 4) is 11.3 Å². The molecule has 2 rings (SSSR count). The first-order valence-electron chi connectivity index (χ1n) is 5.29. The van der Waals surface area contributed by atoms with Crippen molar-refractivity contribution in [2.24, 2.45) is 0 Å². The minimum Gasteiger partial charge on any atom is -0.448 e. The van der Waals surface area contributed by atoms with Crippen LogP contribution in [0.4, 0.5) is 0 Å². The third-order valence-corrected chi connectivity index (χ3v) is 3.78. The molecule has 0 saturated heterocycles. The van der Waals surface area contributed by atoms with E-state index in [1.165, 1.54) is 3.57 Å². The molecule has 0 radical (unpaired) electrons. The van der Waals surface area contributed by atoms with Gasteiger partial charge in [-0.2, -0.15) is 0 Å². The molecule has 1 aromatic carbocycles. The maximum Gasteiger partial charge on any atom is 0.199 e. The van der Waals surface area contributed by atoms with Crippen molar-refractivity contribution in [3.05, 3.63) is 38.4 Å². The molecule has 0 amide bonds. The van der Waals surface area contributed by atoms with Gasteiger partial charge >= 0.3 is 0 Å². The summed E-state index contributed by atoms with van der Waals surface area (Å²) in [4.78, 5) is 4.56. The monoisotopic (exact) mass is 405 g/mol. The largest absolute Gasteiger partial charge is 0.448 e. The number of aromatic nitrogens is 1. The third kappa shape index (κ3) is 2.91. The predicted molar refractivity (Wildman–Crippen MR) is 81.1 cm³/mol. The van der Waals surface area contributed by atoms with E-state index in [0.29, 0.717) is 0 Å². The van der Waals surface area contributed by atoms with Crippen LogP contribution < -0.4 is 0 Å². The first kappa shape index (κ1) is 13.1. The maximum absolute atomic E-state index is 5.55. The lowest BCUT2D eigenvalue weighted by Crippen LogP contribution is -2.11.